The molecular weight excluding hydrogens is 418 g/mol. The lowest BCUT2D eigenvalue weighted by Crippen LogP contribution is -2.30. The van der Waals surface area contributed by atoms with Crippen LogP contribution in [0.4, 0.5) is 20.2 Å². The molecular formula is C24H20F2N2O4. The first-order valence-electron chi connectivity index (χ1n) is 9.94. The zero-order valence-electron chi connectivity index (χ0n) is 17.1. The van der Waals surface area contributed by atoms with Crippen molar-refractivity contribution in [3.63, 3.8) is 0 Å². The maximum absolute atomic E-state index is 13.9. The van der Waals surface area contributed by atoms with Crippen molar-refractivity contribution in [1.29, 1.82) is 0 Å². The fourth-order valence-electron chi connectivity index (χ4n) is 3.35. The van der Waals surface area contributed by atoms with E-state index in [1.807, 2.05) is 0 Å². The van der Waals surface area contributed by atoms with Gasteiger partial charge < -0.3 is 20.5 Å². The summed E-state index contributed by atoms with van der Waals surface area (Å²) in [5.74, 6) is -1.82. The van der Waals surface area contributed by atoms with Crippen molar-refractivity contribution in [2.75, 3.05) is 11.9 Å². The van der Waals surface area contributed by atoms with E-state index in [2.05, 4.69) is 10.6 Å². The van der Waals surface area contributed by atoms with Crippen LogP contribution in [0.2, 0.25) is 0 Å². The number of fused-ring (bicyclic) bond motifs is 2. The average Bonchev–Trinajstić information content (AvgIpc) is 2.90. The summed E-state index contributed by atoms with van der Waals surface area (Å²) in [6, 6.07) is 12.7. The molecule has 0 saturated carbocycles. The second kappa shape index (κ2) is 8.76. The Bertz CT molecular complexity index is 1210. The van der Waals surface area contributed by atoms with Crippen LogP contribution < -0.4 is 15.4 Å². The molecule has 3 aromatic rings. The first-order valence-corrected chi connectivity index (χ1v) is 9.94. The van der Waals surface area contributed by atoms with Gasteiger partial charge in [-0.3, -0.25) is 9.59 Å². The number of carbonyl (C=O) groups is 2. The van der Waals surface area contributed by atoms with E-state index in [-0.39, 0.29) is 24.6 Å². The maximum Gasteiger partial charge on any atom is 0.251 e. The number of carbonyl (C=O) groups excluding carboxylic acids is 2. The third-order valence-electron chi connectivity index (χ3n) is 4.99. The van der Waals surface area contributed by atoms with Crippen molar-refractivity contribution in [2.24, 2.45) is 0 Å². The van der Waals surface area contributed by atoms with Crippen molar-refractivity contribution in [2.45, 2.75) is 19.6 Å². The summed E-state index contributed by atoms with van der Waals surface area (Å²) in [6.07, 6.45) is -0.687. The Morgan fingerprint density at radius 3 is 2.66 bits per heavy atom. The highest BCUT2D eigenvalue weighted by molar-refractivity contribution is 6.13. The zero-order valence-corrected chi connectivity index (χ0v) is 17.1. The number of halogens is 2. The van der Waals surface area contributed by atoms with Gasteiger partial charge in [0.05, 0.1) is 17.4 Å². The molecule has 1 unspecified atom stereocenters. The number of aliphatic hydroxyl groups excluding tert-OH is 1. The molecule has 164 valence electrons. The van der Waals surface area contributed by atoms with Gasteiger partial charge in [-0.25, -0.2) is 8.78 Å². The van der Waals surface area contributed by atoms with Crippen LogP contribution in [0.5, 0.6) is 5.75 Å². The van der Waals surface area contributed by atoms with Gasteiger partial charge in [0.25, 0.3) is 5.91 Å². The molecule has 32 heavy (non-hydrogen) atoms. The Labute approximate surface area is 182 Å². The van der Waals surface area contributed by atoms with Crippen LogP contribution in [0.1, 0.15) is 38.8 Å². The Hall–Kier alpha value is -3.78. The summed E-state index contributed by atoms with van der Waals surface area (Å²) in [6.45, 7) is 1.76. The molecule has 3 aromatic carbocycles. The molecule has 1 heterocycles. The fourth-order valence-corrected chi connectivity index (χ4v) is 3.35. The van der Waals surface area contributed by atoms with Gasteiger partial charge in [0.1, 0.15) is 24.0 Å². The summed E-state index contributed by atoms with van der Waals surface area (Å²) < 4.78 is 32.9. The number of nitrogens with one attached hydrogen (secondary N) is 2. The summed E-state index contributed by atoms with van der Waals surface area (Å²) in [7, 11) is 0. The van der Waals surface area contributed by atoms with Crippen LogP contribution in [0.15, 0.2) is 54.6 Å². The second-order valence-corrected chi connectivity index (χ2v) is 7.51. The normalized spacial score (nSPS) is 13.3. The predicted octanol–water partition coefficient (Wildman–Crippen LogP) is 3.94. The highest BCUT2D eigenvalue weighted by atomic mass is 19.1. The van der Waals surface area contributed by atoms with Crippen LogP contribution in [0.25, 0.3) is 0 Å². The van der Waals surface area contributed by atoms with Gasteiger partial charge in [0.15, 0.2) is 5.78 Å². The van der Waals surface area contributed by atoms with Crippen molar-refractivity contribution >= 4 is 23.1 Å². The van der Waals surface area contributed by atoms with Crippen LogP contribution in [-0.4, -0.2) is 29.4 Å². The van der Waals surface area contributed by atoms with Gasteiger partial charge in [0.2, 0.25) is 0 Å². The second-order valence-electron chi connectivity index (χ2n) is 7.51. The summed E-state index contributed by atoms with van der Waals surface area (Å²) in [5, 5.41) is 14.8. The lowest BCUT2D eigenvalue weighted by molar-refractivity contribution is 0.0924. The van der Waals surface area contributed by atoms with Crippen LogP contribution in [-0.2, 0) is 6.61 Å². The van der Waals surface area contributed by atoms with E-state index in [0.29, 0.717) is 33.7 Å². The number of amides is 1. The summed E-state index contributed by atoms with van der Waals surface area (Å²) >= 11 is 0. The molecule has 4 rings (SSSR count). The number of rotatable bonds is 5. The molecule has 0 fully saturated rings. The molecule has 1 aliphatic heterocycles. The van der Waals surface area contributed by atoms with Gasteiger partial charge in [0, 0.05) is 41.1 Å². The Morgan fingerprint density at radius 1 is 1.09 bits per heavy atom. The van der Waals surface area contributed by atoms with E-state index < -0.39 is 23.6 Å². The topological polar surface area (TPSA) is 87.7 Å². The van der Waals surface area contributed by atoms with Crippen LogP contribution in [0.3, 0.4) is 0 Å². The first-order chi connectivity index (χ1) is 15.3. The largest absolute Gasteiger partial charge is 0.488 e. The zero-order chi connectivity index (χ0) is 22.8. The van der Waals surface area contributed by atoms with Crippen LogP contribution in [0, 0.1) is 11.6 Å². The highest BCUT2D eigenvalue weighted by Gasteiger charge is 2.24. The number of benzene rings is 3. The first kappa shape index (κ1) is 21.5. The van der Waals surface area contributed by atoms with E-state index in [1.165, 1.54) is 12.1 Å². The molecule has 6 nitrogen and oxygen atoms in total. The SMILES string of the molecule is CC(O)CNC(=O)c1ccc2c(c1)C(=O)c1ccc(Nc3ccc(F)cc3F)cc1OC2. The monoisotopic (exact) mass is 438 g/mol. The number of hydrogen-bond donors (Lipinski definition) is 3. The van der Waals surface area contributed by atoms with E-state index in [9.17, 15) is 23.5 Å². The molecule has 1 amide bonds. The fraction of sp³-hybridized carbons (Fsp3) is 0.167. The van der Waals surface area contributed by atoms with Crippen molar-refractivity contribution in [3.8, 4) is 5.75 Å². The minimum atomic E-state index is -0.745. The van der Waals surface area contributed by atoms with E-state index >= 15 is 0 Å². The molecule has 0 aromatic heterocycles. The molecule has 0 saturated heterocycles. The maximum atomic E-state index is 13.9. The Morgan fingerprint density at radius 2 is 1.91 bits per heavy atom. The van der Waals surface area contributed by atoms with Crippen molar-refractivity contribution < 1.29 is 28.2 Å². The average molecular weight is 438 g/mol. The minimum Gasteiger partial charge on any atom is -0.488 e. The molecule has 8 heteroatoms. The molecule has 0 radical (unpaired) electrons. The minimum absolute atomic E-state index is 0.0856. The smallest absolute Gasteiger partial charge is 0.251 e. The number of hydrogen-bond acceptors (Lipinski definition) is 5. The van der Waals surface area contributed by atoms with E-state index in [1.54, 1.807) is 37.3 Å². The number of aliphatic hydroxyl groups is 1. The van der Waals surface area contributed by atoms with Crippen molar-refractivity contribution in [1.82, 2.24) is 5.32 Å². The molecule has 1 atom stereocenters. The molecule has 0 spiro atoms. The molecule has 0 aliphatic carbocycles. The number of anilines is 2. The highest BCUT2D eigenvalue weighted by Crippen LogP contribution is 2.32. The van der Waals surface area contributed by atoms with Crippen LogP contribution >= 0.6 is 0 Å². The summed E-state index contributed by atoms with van der Waals surface area (Å²) in [4.78, 5) is 25.5. The van der Waals surface area contributed by atoms with Gasteiger partial charge in [-0.1, -0.05) is 6.07 Å². The quantitative estimate of drug-likeness (QED) is 0.562. The predicted molar refractivity (Wildman–Crippen MR) is 114 cm³/mol. The summed E-state index contributed by atoms with van der Waals surface area (Å²) in [5.41, 5.74) is 2.12. The molecule has 0 bridgehead atoms. The Balaban J connectivity index is 1.60. The van der Waals surface area contributed by atoms with Gasteiger partial charge in [-0.05, 0) is 43.3 Å². The Kier molecular flexibility index (Phi) is 5.87. The van der Waals surface area contributed by atoms with Crippen molar-refractivity contribution in [3.05, 3.63) is 88.5 Å². The lowest BCUT2D eigenvalue weighted by atomic mass is 9.96. The number of ketones is 1. The third-order valence-corrected chi connectivity index (χ3v) is 4.99. The number of ether oxygens (including phenoxy) is 1. The van der Waals surface area contributed by atoms with E-state index in [4.69, 9.17) is 4.74 Å². The molecule has 1 aliphatic rings. The standard InChI is InChI=1S/C24H20F2N2O4/c1-13(29)11-27-24(31)14-2-3-15-12-32-22-10-17(5-6-18(22)23(30)19(15)8-14)28-21-7-4-16(25)9-20(21)26/h2-10,13,28-29H,11-12H2,1H3,(H,27,31). The van der Waals surface area contributed by atoms with E-state index in [0.717, 1.165) is 12.1 Å². The lowest BCUT2D eigenvalue weighted by Gasteiger charge is -2.11. The van der Waals surface area contributed by atoms with Gasteiger partial charge in [-0.15, -0.1) is 0 Å². The van der Waals surface area contributed by atoms with Gasteiger partial charge >= 0.3 is 0 Å². The van der Waals surface area contributed by atoms with Gasteiger partial charge in [-0.2, -0.15) is 0 Å². The third kappa shape index (κ3) is 4.45. The molecule has 3 N–H and O–H groups in total.